The molecule has 4 aromatic rings. The molecular weight excluding hydrogens is 545 g/mol. The van der Waals surface area contributed by atoms with Gasteiger partial charge < -0.3 is 20.1 Å². The number of aliphatic hydroxyl groups excluding tert-OH is 3. The Morgan fingerprint density at radius 3 is 2.39 bits per heavy atom. The van der Waals surface area contributed by atoms with Gasteiger partial charge in [-0.1, -0.05) is 34.5 Å². The Morgan fingerprint density at radius 1 is 1.00 bits per heavy atom. The number of nitrogens with zero attached hydrogens (tertiary/aromatic N) is 6. The van der Waals surface area contributed by atoms with Crippen LogP contribution >= 0.6 is 23.2 Å². The molecule has 0 bridgehead atoms. The Bertz CT molecular complexity index is 1480. The Labute approximate surface area is 225 Å². The van der Waals surface area contributed by atoms with Gasteiger partial charge >= 0.3 is 0 Å². The Hall–Kier alpha value is -3.00. The maximum atomic E-state index is 14.0. The van der Waals surface area contributed by atoms with E-state index in [2.05, 4.69) is 20.5 Å². The summed E-state index contributed by atoms with van der Waals surface area (Å²) in [4.78, 5) is 0. The van der Waals surface area contributed by atoms with Crippen LogP contribution in [0.15, 0.2) is 36.5 Å². The first-order chi connectivity index (χ1) is 18.1. The number of aromatic nitrogens is 6. The van der Waals surface area contributed by atoms with Crippen LogP contribution in [0.1, 0.15) is 29.4 Å². The highest BCUT2D eigenvalue weighted by Gasteiger charge is 2.48. The lowest BCUT2D eigenvalue weighted by Crippen LogP contribution is -2.53. The number of rotatable bonds is 5. The smallest absolute Gasteiger partial charge is 0.169 e. The monoisotopic (exact) mass is 566 g/mol. The van der Waals surface area contributed by atoms with Crippen molar-refractivity contribution in [3.63, 3.8) is 0 Å². The van der Waals surface area contributed by atoms with Crippen molar-refractivity contribution in [2.75, 3.05) is 6.61 Å². The van der Waals surface area contributed by atoms with E-state index in [1.807, 2.05) is 13.0 Å². The minimum Gasteiger partial charge on any atom is -0.394 e. The maximum Gasteiger partial charge on any atom is 0.169 e. The van der Waals surface area contributed by atoms with E-state index >= 15 is 0 Å². The zero-order chi connectivity index (χ0) is 27.3. The van der Waals surface area contributed by atoms with Crippen LogP contribution in [-0.2, 0) is 4.74 Å². The van der Waals surface area contributed by atoms with Crippen molar-refractivity contribution in [1.29, 1.82) is 0 Å². The largest absolute Gasteiger partial charge is 0.394 e. The molecule has 0 unspecified atom stereocenters. The molecule has 38 heavy (non-hydrogen) atoms. The molecule has 0 spiro atoms. The molecule has 0 aliphatic carbocycles. The molecule has 2 aromatic heterocycles. The summed E-state index contributed by atoms with van der Waals surface area (Å²) in [6.07, 6.45) is -3.88. The van der Waals surface area contributed by atoms with Crippen molar-refractivity contribution < 1.29 is 28.8 Å². The third-order valence-corrected chi connectivity index (χ3v) is 7.10. The van der Waals surface area contributed by atoms with Crippen LogP contribution in [0.5, 0.6) is 0 Å². The van der Waals surface area contributed by atoms with Crippen LogP contribution in [0.4, 0.5) is 8.78 Å². The first kappa shape index (κ1) is 26.6. The van der Waals surface area contributed by atoms with Crippen molar-refractivity contribution in [1.82, 2.24) is 29.8 Å². The molecule has 1 aliphatic heterocycles. The van der Waals surface area contributed by atoms with E-state index in [4.69, 9.17) is 27.9 Å². The molecule has 3 heterocycles. The van der Waals surface area contributed by atoms with Crippen LogP contribution in [0, 0.1) is 25.5 Å². The predicted octanol–water partition coefficient (Wildman–Crippen LogP) is 3.12. The lowest BCUT2D eigenvalue weighted by Gasteiger charge is -2.41. The third-order valence-electron chi connectivity index (χ3n) is 6.50. The molecule has 5 atom stereocenters. The molecule has 1 aliphatic rings. The molecule has 1 saturated heterocycles. The van der Waals surface area contributed by atoms with Crippen LogP contribution in [-0.4, -0.2) is 70.0 Å². The highest BCUT2D eigenvalue weighted by atomic mass is 35.5. The van der Waals surface area contributed by atoms with Gasteiger partial charge in [0, 0.05) is 10.6 Å². The first-order valence-electron chi connectivity index (χ1n) is 11.5. The van der Waals surface area contributed by atoms with Gasteiger partial charge in [-0.3, -0.25) is 4.57 Å². The summed E-state index contributed by atoms with van der Waals surface area (Å²) in [5.41, 5.74) is 1.62. The number of benzene rings is 2. The average molecular weight is 567 g/mol. The van der Waals surface area contributed by atoms with Gasteiger partial charge in [0.15, 0.2) is 5.82 Å². The SMILES string of the molecule is Cc1ccc(Cl)cc1-n1c(C)nnc1[C@@H]1O[C@H](CO)[C@H](O)[C@H](n2cc(-c3cc(F)c(Cl)c(F)c3)nn2)[C@H]1O. The normalized spacial score (nSPS) is 23.7. The van der Waals surface area contributed by atoms with Crippen LogP contribution < -0.4 is 0 Å². The van der Waals surface area contributed by atoms with Crippen molar-refractivity contribution >= 4 is 23.2 Å². The van der Waals surface area contributed by atoms with Crippen molar-refractivity contribution in [2.24, 2.45) is 0 Å². The minimum absolute atomic E-state index is 0.0498. The fraction of sp³-hybridized carbons (Fsp3) is 0.333. The van der Waals surface area contributed by atoms with Gasteiger partial charge in [-0.25, -0.2) is 13.5 Å². The minimum atomic E-state index is -1.46. The van der Waals surface area contributed by atoms with Gasteiger partial charge in [0.05, 0.1) is 18.5 Å². The maximum absolute atomic E-state index is 14.0. The van der Waals surface area contributed by atoms with Crippen molar-refractivity contribution in [3.05, 3.63) is 75.4 Å². The highest BCUT2D eigenvalue weighted by molar-refractivity contribution is 6.31. The number of hydrogen-bond donors (Lipinski definition) is 3. The highest BCUT2D eigenvalue weighted by Crippen LogP contribution is 2.39. The third kappa shape index (κ3) is 4.57. The summed E-state index contributed by atoms with van der Waals surface area (Å²) >= 11 is 11.8. The van der Waals surface area contributed by atoms with Crippen molar-refractivity contribution in [2.45, 2.75) is 44.3 Å². The van der Waals surface area contributed by atoms with E-state index in [-0.39, 0.29) is 17.1 Å². The molecule has 200 valence electrons. The summed E-state index contributed by atoms with van der Waals surface area (Å²) in [6.45, 7) is 3.00. The van der Waals surface area contributed by atoms with Gasteiger partial charge in [0.1, 0.15) is 58.6 Å². The van der Waals surface area contributed by atoms with E-state index in [0.29, 0.717) is 16.5 Å². The second kappa shape index (κ2) is 10.3. The summed E-state index contributed by atoms with van der Waals surface area (Å²) < 4.78 is 36.7. The van der Waals surface area contributed by atoms with E-state index < -0.39 is 53.7 Å². The molecule has 0 saturated carbocycles. The summed E-state index contributed by atoms with van der Waals surface area (Å²) in [5, 5.41) is 48.5. The topological polar surface area (TPSA) is 131 Å². The van der Waals surface area contributed by atoms with Gasteiger partial charge in [-0.2, -0.15) is 0 Å². The lowest BCUT2D eigenvalue weighted by atomic mass is 9.92. The average Bonchev–Trinajstić information content (AvgIpc) is 3.51. The number of halogens is 4. The summed E-state index contributed by atoms with van der Waals surface area (Å²) in [7, 11) is 0. The van der Waals surface area contributed by atoms with Crippen LogP contribution in [0.2, 0.25) is 10.0 Å². The molecule has 5 rings (SSSR count). The quantitative estimate of drug-likeness (QED) is 0.314. The Morgan fingerprint density at radius 2 is 1.71 bits per heavy atom. The summed E-state index contributed by atoms with van der Waals surface area (Å²) in [5.74, 6) is -1.26. The number of ether oxygens (including phenoxy) is 1. The predicted molar refractivity (Wildman–Crippen MR) is 132 cm³/mol. The van der Waals surface area contributed by atoms with E-state index in [9.17, 15) is 24.1 Å². The molecule has 1 fully saturated rings. The molecule has 3 N–H and O–H groups in total. The number of hydrogen-bond acceptors (Lipinski definition) is 8. The van der Waals surface area contributed by atoms with E-state index in [1.54, 1.807) is 23.6 Å². The molecule has 10 nitrogen and oxygen atoms in total. The number of aliphatic hydroxyl groups is 3. The van der Waals surface area contributed by atoms with Gasteiger partial charge in [-0.05, 0) is 43.7 Å². The molecular formula is C24H22Cl2F2N6O4. The lowest BCUT2D eigenvalue weighted by molar-refractivity contribution is -0.210. The van der Waals surface area contributed by atoms with Crippen LogP contribution in [0.3, 0.4) is 0 Å². The second-order valence-corrected chi connectivity index (χ2v) is 9.77. The second-order valence-electron chi connectivity index (χ2n) is 8.96. The van der Waals surface area contributed by atoms with E-state index in [0.717, 1.165) is 22.4 Å². The van der Waals surface area contributed by atoms with Crippen LogP contribution in [0.25, 0.3) is 16.9 Å². The van der Waals surface area contributed by atoms with Gasteiger partial charge in [0.2, 0.25) is 0 Å². The Balaban J connectivity index is 1.56. The fourth-order valence-corrected chi connectivity index (χ4v) is 4.85. The van der Waals surface area contributed by atoms with Gasteiger partial charge in [0.25, 0.3) is 0 Å². The Kier molecular flexibility index (Phi) is 7.20. The van der Waals surface area contributed by atoms with Crippen molar-refractivity contribution in [3.8, 4) is 16.9 Å². The zero-order valence-electron chi connectivity index (χ0n) is 20.0. The molecule has 0 radical (unpaired) electrons. The standard InChI is InChI=1S/C24H22Cl2F2N6O4/c1-10-3-4-13(25)7-17(10)34-11(2)29-31-24(34)23-22(37)20(21(36)18(9-35)38-23)33-8-16(30-32-33)12-5-14(27)19(26)15(28)6-12/h3-8,18,20-23,35-37H,9H2,1-2H3/t18-,20+,21+,22-,23-/m1/s1. The molecule has 2 aromatic carbocycles. The zero-order valence-corrected chi connectivity index (χ0v) is 21.5. The first-order valence-corrected chi connectivity index (χ1v) is 12.2. The van der Waals surface area contributed by atoms with Gasteiger partial charge in [-0.15, -0.1) is 15.3 Å². The number of aryl methyl sites for hydroxylation is 2. The van der Waals surface area contributed by atoms with E-state index in [1.165, 1.54) is 6.20 Å². The molecule has 14 heteroatoms. The molecule has 0 amide bonds. The fourth-order valence-electron chi connectivity index (χ4n) is 4.57. The summed E-state index contributed by atoms with van der Waals surface area (Å²) in [6, 6.07) is 6.08.